The van der Waals surface area contributed by atoms with Gasteiger partial charge in [0.05, 0.1) is 21.9 Å². The number of halogens is 1. The first-order chi connectivity index (χ1) is 49.1. The Morgan fingerprint density at radius 1 is 0.302 bits per heavy atom. The Morgan fingerprint density at radius 2 is 0.640 bits per heavy atom. The average molecular weight is 1180 g/mol. The summed E-state index contributed by atoms with van der Waals surface area (Å²) in [7, 11) is -1.54. The van der Waals surface area contributed by atoms with Gasteiger partial charge < -0.3 is 18.9 Å². The van der Waals surface area contributed by atoms with E-state index in [0.29, 0.717) is 55.6 Å². The Labute approximate surface area is 525 Å². The van der Waals surface area contributed by atoms with Crippen LogP contribution in [0.2, 0.25) is 0 Å². The monoisotopic (exact) mass is 1180 g/mol. The molecule has 404 valence electrons. The van der Waals surface area contributed by atoms with Gasteiger partial charge in [0.15, 0.2) is 0 Å². The predicted octanol–water partition coefficient (Wildman–Crippen LogP) is 21.5. The summed E-state index contributed by atoms with van der Waals surface area (Å²) in [6.45, 7) is 0. The van der Waals surface area contributed by atoms with Crippen molar-refractivity contribution in [3.05, 3.63) is 295 Å². The van der Waals surface area contributed by atoms with Gasteiger partial charge in [-0.3, -0.25) is 0 Å². The summed E-state index contributed by atoms with van der Waals surface area (Å²) in [5, 5.41) is 32.7. The van der Waals surface area contributed by atoms with Crippen LogP contribution >= 0.6 is 15.9 Å². The van der Waals surface area contributed by atoms with Crippen molar-refractivity contribution in [3.63, 3.8) is 0 Å². The van der Waals surface area contributed by atoms with Crippen LogP contribution in [0.3, 0.4) is 0 Å². The molecule has 0 aliphatic carbocycles. The van der Waals surface area contributed by atoms with Crippen LogP contribution in [0.5, 0.6) is 0 Å². The lowest BCUT2D eigenvalue weighted by Crippen LogP contribution is -2.30. The van der Waals surface area contributed by atoms with Crippen molar-refractivity contribution in [3.8, 4) is 33.4 Å². The summed E-state index contributed by atoms with van der Waals surface area (Å²) >= 11 is 3.38. The van der Waals surface area contributed by atoms with Gasteiger partial charge in [-0.05, 0) is 165 Å². The molecule has 0 amide bonds. The molecule has 2 heterocycles. The minimum atomic E-state index is -1.54. The van der Waals surface area contributed by atoms with E-state index in [0.717, 1.165) is 70.2 Å². The molecule has 0 atom stereocenters. The van der Waals surface area contributed by atoms with Gasteiger partial charge in [0.1, 0.15) is 22.3 Å². The second-order valence-corrected chi connectivity index (χ2v) is 21.6. The molecule has 0 aliphatic heterocycles. The van der Waals surface area contributed by atoms with Gasteiger partial charge in [-0.2, -0.15) is 0 Å². The van der Waals surface area contributed by atoms with Crippen molar-refractivity contribution >= 4 is 159 Å². The van der Waals surface area contributed by atoms with E-state index in [1.807, 2.05) is 109 Å². The molecule has 0 fully saturated rings. The van der Waals surface area contributed by atoms with Crippen LogP contribution in [0, 0.1) is 0 Å². The minimum Gasteiger partial charge on any atom is -0.456 e. The van der Waals surface area contributed by atoms with Gasteiger partial charge in [0, 0.05) is 26.0 Å². The summed E-state index contributed by atoms with van der Waals surface area (Å²) in [6, 6.07) is 55.7. The van der Waals surface area contributed by atoms with Crippen molar-refractivity contribution < 1.29 is 40.8 Å². The van der Waals surface area contributed by atoms with E-state index < -0.39 is 55.5 Å². The lowest BCUT2D eigenvalue weighted by atomic mass is 9.76. The van der Waals surface area contributed by atoms with Crippen LogP contribution < -0.4 is 5.46 Å². The molecule has 6 heteroatoms. The molecule has 0 unspecified atom stereocenters. The third-order valence-corrected chi connectivity index (χ3v) is 16.9. The molecule has 0 bridgehead atoms. The van der Waals surface area contributed by atoms with Gasteiger partial charge in [-0.1, -0.05) is 267 Å². The molecule has 2 N–H and O–H groups in total. The smallest absolute Gasteiger partial charge is 0.456 e. The average Bonchev–Trinajstić information content (AvgIpc) is 0.707. The van der Waals surface area contributed by atoms with E-state index in [1.54, 1.807) is 60.7 Å². The maximum absolute atomic E-state index is 9.74. The second kappa shape index (κ2) is 21.1. The van der Waals surface area contributed by atoms with Crippen molar-refractivity contribution in [2.75, 3.05) is 0 Å². The van der Waals surface area contributed by atoms with Crippen LogP contribution in [0.15, 0.2) is 304 Å². The molecular weight excluding hydrogens is 1120 g/mol. The maximum Gasteiger partial charge on any atom is 0.489 e. The van der Waals surface area contributed by atoms with E-state index in [-0.39, 0.29) is 95.9 Å². The first kappa shape index (κ1) is 37.1. The fourth-order valence-corrected chi connectivity index (χ4v) is 13.1. The number of rotatable bonds is 4. The number of furan rings is 2. The number of fused-ring (bicyclic) bond motifs is 18. The summed E-state index contributed by atoms with van der Waals surface area (Å²) in [6.07, 6.45) is 0. The minimum absolute atomic E-state index is 0.174. The fraction of sp³-hybridized carbons (Fsp3) is 0. The molecule has 18 aromatic rings. The quantitative estimate of drug-likeness (QED) is 0.136. The third-order valence-electron chi connectivity index (χ3n) is 16.1. The number of benzene rings is 16. The molecular formula is C80H50BBrO4. The fourth-order valence-electron chi connectivity index (χ4n) is 12.5. The molecule has 0 saturated carbocycles. The van der Waals surface area contributed by atoms with E-state index in [2.05, 4.69) is 40.2 Å². The molecule has 4 nitrogen and oxygen atoms in total. The maximum atomic E-state index is 9.74. The molecule has 86 heavy (non-hydrogen) atoms. The molecule has 0 spiro atoms. The first-order valence-corrected chi connectivity index (χ1v) is 28.5. The lowest BCUT2D eigenvalue weighted by Gasteiger charge is -2.19. The number of hydrogen-bond donors (Lipinski definition) is 2. The van der Waals surface area contributed by atoms with Gasteiger partial charge in [0.2, 0.25) is 0 Å². The second-order valence-electron chi connectivity index (χ2n) is 20.8. The lowest BCUT2D eigenvalue weighted by molar-refractivity contribution is 0.426. The van der Waals surface area contributed by atoms with Gasteiger partial charge >= 0.3 is 7.12 Å². The van der Waals surface area contributed by atoms with Crippen LogP contribution in [-0.4, -0.2) is 17.2 Å². The van der Waals surface area contributed by atoms with Crippen LogP contribution in [0.1, 0.15) is 21.9 Å². The Morgan fingerprint density at radius 3 is 1.09 bits per heavy atom. The number of hydrogen-bond acceptors (Lipinski definition) is 4. The van der Waals surface area contributed by atoms with Crippen molar-refractivity contribution in [1.29, 1.82) is 0 Å². The normalized spacial score (nSPS) is 14.3. The third kappa shape index (κ3) is 8.36. The van der Waals surface area contributed by atoms with Crippen molar-refractivity contribution in [1.82, 2.24) is 0 Å². The Bertz CT molecular complexity index is 6550. The topological polar surface area (TPSA) is 66.7 Å². The Kier molecular flexibility index (Phi) is 9.08. The summed E-state index contributed by atoms with van der Waals surface area (Å²) in [5.74, 6) is 0. The van der Waals surface area contributed by atoms with Crippen molar-refractivity contribution in [2.45, 2.75) is 0 Å². The largest absolute Gasteiger partial charge is 0.489 e. The Balaban J connectivity index is 0.000000129. The summed E-state index contributed by atoms with van der Waals surface area (Å²) in [5.41, 5.74) is 5.87. The van der Waals surface area contributed by atoms with E-state index in [9.17, 15) is 15.5 Å². The zero-order chi connectivity index (χ0) is 71.3. The van der Waals surface area contributed by atoms with Crippen LogP contribution in [0.4, 0.5) is 0 Å². The zero-order valence-corrected chi connectivity index (χ0v) is 46.7. The predicted molar refractivity (Wildman–Crippen MR) is 368 cm³/mol. The highest BCUT2D eigenvalue weighted by molar-refractivity contribution is 9.10. The molecule has 0 radical (unpaired) electrons. The highest BCUT2D eigenvalue weighted by Gasteiger charge is 2.24. The summed E-state index contributed by atoms with van der Waals surface area (Å²) in [4.78, 5) is 0. The Hall–Kier alpha value is -10.3. The van der Waals surface area contributed by atoms with E-state index >= 15 is 0 Å². The van der Waals surface area contributed by atoms with Crippen LogP contribution in [0.25, 0.3) is 163 Å². The highest BCUT2D eigenvalue weighted by Crippen LogP contribution is 2.49. The molecule has 2 aromatic heterocycles. The molecule has 18 rings (SSSR count). The van der Waals surface area contributed by atoms with Gasteiger partial charge in [-0.25, -0.2) is 0 Å². The van der Waals surface area contributed by atoms with Crippen LogP contribution in [-0.2, 0) is 0 Å². The molecule has 0 saturated heterocycles. The first-order valence-electron chi connectivity index (χ1n) is 35.7. The van der Waals surface area contributed by atoms with Gasteiger partial charge in [0.25, 0.3) is 0 Å². The zero-order valence-electron chi connectivity index (χ0n) is 61.1. The highest BCUT2D eigenvalue weighted by atomic mass is 79.9. The molecule has 0 aliphatic rings. The molecule has 16 aromatic carbocycles. The SMILES string of the molecule is OB(O)c1cc2oc3ccc4ccccc4c3c2c2ccccc12.[2H]c1c([2H])c([2H])c2c(-c3cc4oc5ccc6ccccc6c5c4c4ccccc34)c3c([2H])c([2H])c([2H])c([2H])c3c(-c3ccccc3)c2c1[2H].[2H]c1c([2H])c([2H])c2c(-c3ccccc3)c3c([2H])c([2H])c([2H])c([2H])c3c(Br)c2c1[2H]. The van der Waals surface area contributed by atoms with E-state index in [1.165, 1.54) is 0 Å². The van der Waals surface area contributed by atoms with E-state index in [4.69, 9.17) is 25.3 Å². The standard InChI is InChI=1S/C40H24O.C20H13BO3.C20H13Br/c1-2-13-26(14-3-1)37-30-18-8-10-20-32(30)38(33-21-11-9-19-31(33)37)34-24-36-40(29-17-7-6-16-28(29)34)39-27-15-5-4-12-25(27)22-23-35(39)41-36;22-21(23)16-11-18-20(15-8-4-3-7-14(15)16)19-13-6-2-1-5-12(13)9-10-17(19)24-18;21-20-17-12-6-4-10-15(17)19(14-8-2-1-3-9-14)16-11-5-7-13-18(16)20/h1-24H;1-11,22-23H;1-13H/i8D,9D,10D,11D,18D,19D,20D,21D;;4D,5D,6D,7D,10D,11D,12D,13D. The summed E-state index contributed by atoms with van der Waals surface area (Å²) < 4.78 is 151. The van der Waals surface area contributed by atoms with Gasteiger partial charge in [-0.15, -0.1) is 0 Å². The van der Waals surface area contributed by atoms with Crippen molar-refractivity contribution in [2.24, 2.45) is 0 Å².